The fraction of sp³-hybridized carbons (Fsp3) is 0.333. The van der Waals surface area contributed by atoms with Gasteiger partial charge in [-0.2, -0.15) is 0 Å². The van der Waals surface area contributed by atoms with Crippen LogP contribution in [0.4, 0.5) is 0 Å². The summed E-state index contributed by atoms with van der Waals surface area (Å²) in [7, 11) is 1.52. The van der Waals surface area contributed by atoms with Crippen LogP contribution in [0.2, 0.25) is 0 Å². The van der Waals surface area contributed by atoms with E-state index in [4.69, 9.17) is 14.2 Å². The average Bonchev–Trinajstić information content (AvgIpc) is 3.14. The van der Waals surface area contributed by atoms with Crippen LogP contribution < -0.4 is 14.8 Å². The Morgan fingerprint density at radius 2 is 2.04 bits per heavy atom. The van der Waals surface area contributed by atoms with Crippen molar-refractivity contribution in [2.24, 2.45) is 0 Å². The Labute approximate surface area is 150 Å². The number of nitrogens with one attached hydrogen (secondary N) is 1. The molecule has 25 heavy (non-hydrogen) atoms. The summed E-state index contributed by atoms with van der Waals surface area (Å²) in [6, 6.07) is 8.46. The smallest absolute Gasteiger partial charge is 0.338 e. The zero-order chi connectivity index (χ0) is 18.2. The number of esters is 1. The highest BCUT2D eigenvalue weighted by atomic mass is 32.1. The molecule has 1 aromatic heterocycles. The highest BCUT2D eigenvalue weighted by Gasteiger charge is 2.15. The predicted octanol–water partition coefficient (Wildman–Crippen LogP) is 3.19. The van der Waals surface area contributed by atoms with E-state index in [9.17, 15) is 9.59 Å². The van der Waals surface area contributed by atoms with Crippen LogP contribution in [0.25, 0.3) is 0 Å². The van der Waals surface area contributed by atoms with Gasteiger partial charge < -0.3 is 19.5 Å². The second-order valence-corrected chi connectivity index (χ2v) is 6.16. The van der Waals surface area contributed by atoms with E-state index in [1.54, 1.807) is 23.5 Å². The first-order valence-electron chi connectivity index (χ1n) is 7.85. The van der Waals surface area contributed by atoms with E-state index in [1.165, 1.54) is 13.2 Å². The van der Waals surface area contributed by atoms with Crippen molar-refractivity contribution in [2.75, 3.05) is 20.3 Å². The molecule has 0 aliphatic carbocycles. The number of rotatable bonds is 8. The molecule has 0 fully saturated rings. The predicted molar refractivity (Wildman–Crippen MR) is 95.3 cm³/mol. The molecule has 1 amide bonds. The third-order valence-corrected chi connectivity index (χ3v) is 4.44. The molecule has 2 aromatic rings. The van der Waals surface area contributed by atoms with Crippen LogP contribution in [-0.4, -0.2) is 32.2 Å². The number of ether oxygens (including phenoxy) is 3. The molecule has 1 atom stereocenters. The van der Waals surface area contributed by atoms with Crippen molar-refractivity contribution < 1.29 is 23.8 Å². The van der Waals surface area contributed by atoms with E-state index in [-0.39, 0.29) is 18.6 Å². The number of carbonyl (C=O) groups excluding carboxylic acids is 2. The number of methoxy groups -OCH3 is 1. The van der Waals surface area contributed by atoms with Gasteiger partial charge in [0.25, 0.3) is 5.91 Å². The van der Waals surface area contributed by atoms with Crippen LogP contribution in [0.3, 0.4) is 0 Å². The third kappa shape index (κ3) is 5.22. The van der Waals surface area contributed by atoms with Crippen molar-refractivity contribution in [3.05, 3.63) is 46.2 Å². The molecule has 6 nitrogen and oxygen atoms in total. The molecule has 134 valence electrons. The molecule has 7 heteroatoms. The number of carbonyl (C=O) groups is 2. The van der Waals surface area contributed by atoms with E-state index >= 15 is 0 Å². The zero-order valence-corrected chi connectivity index (χ0v) is 15.2. The van der Waals surface area contributed by atoms with E-state index in [1.807, 2.05) is 31.4 Å². The summed E-state index contributed by atoms with van der Waals surface area (Å²) in [5, 5.41) is 4.73. The van der Waals surface area contributed by atoms with E-state index in [2.05, 4.69) is 5.32 Å². The number of amides is 1. The highest BCUT2D eigenvalue weighted by Crippen LogP contribution is 2.28. The Balaban J connectivity index is 1.91. The molecule has 1 heterocycles. The normalized spacial score (nSPS) is 11.5. The monoisotopic (exact) mass is 363 g/mol. The van der Waals surface area contributed by atoms with Crippen molar-refractivity contribution >= 4 is 23.2 Å². The molecule has 0 bridgehead atoms. The summed E-state index contributed by atoms with van der Waals surface area (Å²) in [4.78, 5) is 25.1. The summed E-state index contributed by atoms with van der Waals surface area (Å²) < 4.78 is 15.7. The molecule has 0 unspecified atom stereocenters. The molecule has 0 radical (unpaired) electrons. The van der Waals surface area contributed by atoms with Crippen LogP contribution in [0.15, 0.2) is 35.7 Å². The summed E-state index contributed by atoms with van der Waals surface area (Å²) >= 11 is 1.56. The Morgan fingerprint density at radius 1 is 1.24 bits per heavy atom. The number of thiophene rings is 1. The minimum absolute atomic E-state index is 0.128. The molecular weight excluding hydrogens is 342 g/mol. The topological polar surface area (TPSA) is 73.9 Å². The molecule has 2 rings (SSSR count). The quantitative estimate of drug-likeness (QED) is 0.729. The Hall–Kier alpha value is -2.54. The maximum absolute atomic E-state index is 12.1. The molecular formula is C18H21NO5S. The van der Waals surface area contributed by atoms with Gasteiger partial charge in [-0.05, 0) is 43.5 Å². The lowest BCUT2D eigenvalue weighted by molar-refractivity contribution is -0.124. The fourth-order valence-electron chi connectivity index (χ4n) is 2.18. The lowest BCUT2D eigenvalue weighted by Gasteiger charge is -2.13. The minimum Gasteiger partial charge on any atom is -0.493 e. The van der Waals surface area contributed by atoms with Crippen LogP contribution >= 0.6 is 11.3 Å². The van der Waals surface area contributed by atoms with Crippen molar-refractivity contribution in [3.63, 3.8) is 0 Å². The Morgan fingerprint density at radius 3 is 2.68 bits per heavy atom. The lowest BCUT2D eigenvalue weighted by atomic mass is 10.2. The Kier molecular flexibility index (Phi) is 6.82. The van der Waals surface area contributed by atoms with Gasteiger partial charge in [0.05, 0.1) is 25.3 Å². The van der Waals surface area contributed by atoms with Crippen molar-refractivity contribution in [2.45, 2.75) is 19.9 Å². The van der Waals surface area contributed by atoms with E-state index in [0.717, 1.165) is 4.88 Å². The average molecular weight is 363 g/mol. The highest BCUT2D eigenvalue weighted by molar-refractivity contribution is 7.10. The van der Waals surface area contributed by atoms with Gasteiger partial charge in [0.15, 0.2) is 18.1 Å². The van der Waals surface area contributed by atoms with Gasteiger partial charge in [0.1, 0.15) is 0 Å². The first kappa shape index (κ1) is 18.8. The van der Waals surface area contributed by atoms with Gasteiger partial charge in [0.2, 0.25) is 0 Å². The molecule has 1 aromatic carbocycles. The summed E-state index contributed by atoms with van der Waals surface area (Å²) in [6.45, 7) is 3.81. The van der Waals surface area contributed by atoms with Gasteiger partial charge >= 0.3 is 5.97 Å². The Bertz CT molecular complexity index is 714. The van der Waals surface area contributed by atoms with Gasteiger partial charge in [0, 0.05) is 4.88 Å². The first-order valence-corrected chi connectivity index (χ1v) is 8.73. The molecule has 0 aliphatic rings. The van der Waals surface area contributed by atoms with Gasteiger partial charge in [-0.25, -0.2) is 4.79 Å². The van der Waals surface area contributed by atoms with Crippen molar-refractivity contribution in [3.8, 4) is 11.5 Å². The van der Waals surface area contributed by atoms with Gasteiger partial charge in [-0.3, -0.25) is 4.79 Å². The molecule has 1 N–H and O–H groups in total. The maximum atomic E-state index is 12.1. The number of benzene rings is 1. The third-order valence-electron chi connectivity index (χ3n) is 3.38. The van der Waals surface area contributed by atoms with Crippen molar-refractivity contribution in [1.29, 1.82) is 0 Å². The molecule has 0 saturated carbocycles. The molecule has 0 aliphatic heterocycles. The van der Waals surface area contributed by atoms with Crippen molar-refractivity contribution in [1.82, 2.24) is 5.32 Å². The number of hydrogen-bond donors (Lipinski definition) is 1. The van der Waals surface area contributed by atoms with Crippen LogP contribution in [-0.2, 0) is 9.53 Å². The van der Waals surface area contributed by atoms with Crippen LogP contribution in [0.5, 0.6) is 11.5 Å². The maximum Gasteiger partial charge on any atom is 0.338 e. The SMILES string of the molecule is CCOc1cc(C(=O)OCC(=O)N[C@@H](C)c2cccs2)ccc1OC. The lowest BCUT2D eigenvalue weighted by Crippen LogP contribution is -2.30. The van der Waals surface area contributed by atoms with Gasteiger partial charge in [-0.15, -0.1) is 11.3 Å². The zero-order valence-electron chi connectivity index (χ0n) is 14.4. The van der Waals surface area contributed by atoms with Crippen LogP contribution in [0, 0.1) is 0 Å². The summed E-state index contributed by atoms with van der Waals surface area (Å²) in [6.07, 6.45) is 0. The molecule has 0 spiro atoms. The van der Waals surface area contributed by atoms with Gasteiger partial charge in [-0.1, -0.05) is 6.07 Å². The standard InChI is InChI=1S/C18H21NO5S/c1-4-23-15-10-13(7-8-14(15)22-3)18(21)24-11-17(20)19-12(2)16-6-5-9-25-16/h5-10,12H,4,11H2,1-3H3,(H,19,20)/t12-/m0/s1. The summed E-state index contributed by atoms with van der Waals surface area (Å²) in [5.41, 5.74) is 0.295. The summed E-state index contributed by atoms with van der Waals surface area (Å²) in [5.74, 6) is 0.0338. The van der Waals surface area contributed by atoms with E-state index < -0.39 is 5.97 Å². The molecule has 0 saturated heterocycles. The largest absolute Gasteiger partial charge is 0.493 e. The second-order valence-electron chi connectivity index (χ2n) is 5.18. The first-order chi connectivity index (χ1) is 12.0. The van der Waals surface area contributed by atoms with E-state index in [0.29, 0.717) is 23.7 Å². The minimum atomic E-state index is -0.595. The number of hydrogen-bond acceptors (Lipinski definition) is 6. The van der Waals surface area contributed by atoms with Crippen LogP contribution in [0.1, 0.15) is 35.1 Å². The second kappa shape index (κ2) is 9.08. The fourth-order valence-corrected chi connectivity index (χ4v) is 2.91.